The molecule has 0 aromatic carbocycles. The standard InChI is InChI=1S/C18H24N4O2/c1-11-19-16(22-24-11)18(4,5)21-15(23)13-7-6-12-8-9-17(2,3)10-14(12)20-13/h6-7H,8-10H2,1-5H3,(H,21,23). The molecule has 0 atom stereocenters. The number of rotatable bonds is 3. The van der Waals surface area contributed by atoms with E-state index in [2.05, 4.69) is 34.3 Å². The molecule has 0 saturated carbocycles. The summed E-state index contributed by atoms with van der Waals surface area (Å²) < 4.78 is 5.01. The van der Waals surface area contributed by atoms with Crippen molar-refractivity contribution in [3.05, 3.63) is 40.8 Å². The summed E-state index contributed by atoms with van der Waals surface area (Å²) in [4.78, 5) is 21.4. The average Bonchev–Trinajstić information content (AvgIpc) is 2.92. The fourth-order valence-electron chi connectivity index (χ4n) is 3.01. The van der Waals surface area contributed by atoms with Crippen LogP contribution < -0.4 is 5.32 Å². The summed E-state index contributed by atoms with van der Waals surface area (Å²) in [7, 11) is 0. The van der Waals surface area contributed by atoms with Gasteiger partial charge in [0.15, 0.2) is 5.82 Å². The Labute approximate surface area is 142 Å². The van der Waals surface area contributed by atoms with Gasteiger partial charge in [-0.15, -0.1) is 0 Å². The lowest BCUT2D eigenvalue weighted by Gasteiger charge is -2.30. The van der Waals surface area contributed by atoms with Gasteiger partial charge in [-0.05, 0) is 50.2 Å². The number of aromatic nitrogens is 3. The summed E-state index contributed by atoms with van der Waals surface area (Å²) in [6, 6.07) is 3.82. The number of carbonyl (C=O) groups excluding carboxylic acids is 1. The van der Waals surface area contributed by atoms with E-state index in [9.17, 15) is 4.79 Å². The van der Waals surface area contributed by atoms with E-state index in [1.54, 1.807) is 13.0 Å². The van der Waals surface area contributed by atoms with E-state index in [4.69, 9.17) is 4.52 Å². The largest absolute Gasteiger partial charge is 0.340 e. The van der Waals surface area contributed by atoms with Gasteiger partial charge in [-0.1, -0.05) is 25.1 Å². The van der Waals surface area contributed by atoms with E-state index in [-0.39, 0.29) is 11.3 Å². The number of hydrogen-bond acceptors (Lipinski definition) is 5. The predicted molar refractivity (Wildman–Crippen MR) is 89.6 cm³/mol. The van der Waals surface area contributed by atoms with Gasteiger partial charge in [0.05, 0.1) is 5.54 Å². The quantitative estimate of drug-likeness (QED) is 0.937. The molecule has 2 aromatic rings. The molecule has 0 unspecified atom stereocenters. The number of pyridine rings is 1. The van der Waals surface area contributed by atoms with E-state index in [1.807, 2.05) is 19.9 Å². The monoisotopic (exact) mass is 328 g/mol. The minimum Gasteiger partial charge on any atom is -0.340 e. The molecule has 128 valence electrons. The Morgan fingerprint density at radius 3 is 2.71 bits per heavy atom. The van der Waals surface area contributed by atoms with Crippen molar-refractivity contribution >= 4 is 5.91 Å². The van der Waals surface area contributed by atoms with E-state index >= 15 is 0 Å². The Bertz CT molecular complexity index is 777. The molecule has 1 aliphatic rings. The van der Waals surface area contributed by atoms with Crippen LogP contribution in [-0.4, -0.2) is 21.0 Å². The molecule has 0 spiro atoms. The SMILES string of the molecule is Cc1nc(C(C)(C)NC(=O)c2ccc3c(n2)CC(C)(C)CC3)no1. The molecule has 2 heterocycles. The normalized spacial score (nSPS) is 16.5. The summed E-state index contributed by atoms with van der Waals surface area (Å²) in [5.74, 6) is 0.697. The molecule has 0 saturated heterocycles. The van der Waals surface area contributed by atoms with Crippen molar-refractivity contribution in [2.75, 3.05) is 0 Å². The maximum absolute atomic E-state index is 12.6. The summed E-state index contributed by atoms with van der Waals surface area (Å²) in [5, 5.41) is 6.85. The highest BCUT2D eigenvalue weighted by atomic mass is 16.5. The maximum atomic E-state index is 12.6. The molecular weight excluding hydrogens is 304 g/mol. The first-order valence-electron chi connectivity index (χ1n) is 8.28. The van der Waals surface area contributed by atoms with Crippen LogP contribution in [0, 0.1) is 12.3 Å². The van der Waals surface area contributed by atoms with Crippen LogP contribution in [0.2, 0.25) is 0 Å². The number of hydrogen-bond donors (Lipinski definition) is 1. The minimum absolute atomic E-state index is 0.228. The van der Waals surface area contributed by atoms with Gasteiger partial charge in [0, 0.05) is 12.6 Å². The Hall–Kier alpha value is -2.24. The van der Waals surface area contributed by atoms with Crippen molar-refractivity contribution in [2.45, 2.75) is 59.4 Å². The topological polar surface area (TPSA) is 80.9 Å². The summed E-state index contributed by atoms with van der Waals surface area (Å²) >= 11 is 0. The van der Waals surface area contributed by atoms with Gasteiger partial charge in [0.2, 0.25) is 5.89 Å². The molecule has 24 heavy (non-hydrogen) atoms. The summed E-state index contributed by atoms with van der Waals surface area (Å²) in [5.41, 5.74) is 2.22. The van der Waals surface area contributed by atoms with Crippen LogP contribution in [0.3, 0.4) is 0 Å². The van der Waals surface area contributed by atoms with Crippen LogP contribution >= 0.6 is 0 Å². The molecule has 1 aliphatic carbocycles. The molecule has 6 nitrogen and oxygen atoms in total. The lowest BCUT2D eigenvalue weighted by molar-refractivity contribution is 0.0901. The first-order chi connectivity index (χ1) is 11.2. The van der Waals surface area contributed by atoms with Gasteiger partial charge < -0.3 is 9.84 Å². The number of amides is 1. The molecule has 1 amide bonds. The number of fused-ring (bicyclic) bond motifs is 1. The second-order valence-corrected chi connectivity index (χ2v) is 7.86. The zero-order valence-corrected chi connectivity index (χ0v) is 14.9. The zero-order valence-electron chi connectivity index (χ0n) is 14.9. The summed E-state index contributed by atoms with van der Waals surface area (Å²) in [6.45, 7) is 9.90. The highest BCUT2D eigenvalue weighted by molar-refractivity contribution is 5.92. The van der Waals surface area contributed by atoms with Crippen molar-refractivity contribution in [1.82, 2.24) is 20.4 Å². The summed E-state index contributed by atoms with van der Waals surface area (Å²) in [6.07, 6.45) is 3.07. The second-order valence-electron chi connectivity index (χ2n) is 7.86. The van der Waals surface area contributed by atoms with E-state index < -0.39 is 5.54 Å². The molecule has 0 aliphatic heterocycles. The smallest absolute Gasteiger partial charge is 0.270 e. The molecule has 0 fully saturated rings. The van der Waals surface area contributed by atoms with E-state index in [1.165, 1.54) is 5.56 Å². The van der Waals surface area contributed by atoms with Crippen molar-refractivity contribution in [3.8, 4) is 0 Å². The van der Waals surface area contributed by atoms with Gasteiger partial charge in [0.1, 0.15) is 5.69 Å². The van der Waals surface area contributed by atoms with Gasteiger partial charge in [-0.3, -0.25) is 4.79 Å². The van der Waals surface area contributed by atoms with Crippen molar-refractivity contribution in [3.63, 3.8) is 0 Å². The van der Waals surface area contributed by atoms with Crippen LogP contribution in [0.1, 0.15) is 67.6 Å². The number of nitrogens with one attached hydrogen (secondary N) is 1. The number of aryl methyl sites for hydroxylation is 2. The molecule has 2 aromatic heterocycles. The van der Waals surface area contributed by atoms with Crippen LogP contribution in [0.5, 0.6) is 0 Å². The van der Waals surface area contributed by atoms with E-state index in [0.717, 1.165) is 25.0 Å². The third-order valence-corrected chi connectivity index (χ3v) is 4.53. The van der Waals surface area contributed by atoms with Gasteiger partial charge in [-0.25, -0.2) is 4.98 Å². The molecular formula is C18H24N4O2. The molecule has 3 rings (SSSR count). The average molecular weight is 328 g/mol. The molecule has 0 radical (unpaired) electrons. The van der Waals surface area contributed by atoms with Crippen LogP contribution in [-0.2, 0) is 18.4 Å². The van der Waals surface area contributed by atoms with Crippen molar-refractivity contribution < 1.29 is 9.32 Å². The Balaban J connectivity index is 1.81. The fraction of sp³-hybridized carbons (Fsp3) is 0.556. The third-order valence-electron chi connectivity index (χ3n) is 4.53. The molecule has 1 N–H and O–H groups in total. The van der Waals surface area contributed by atoms with Gasteiger partial charge in [0.25, 0.3) is 5.91 Å². The van der Waals surface area contributed by atoms with Crippen LogP contribution in [0.15, 0.2) is 16.7 Å². The maximum Gasteiger partial charge on any atom is 0.270 e. The van der Waals surface area contributed by atoms with E-state index in [0.29, 0.717) is 17.4 Å². The zero-order chi connectivity index (χ0) is 17.5. The highest BCUT2D eigenvalue weighted by Gasteiger charge is 2.30. The lowest BCUT2D eigenvalue weighted by Crippen LogP contribution is -2.42. The molecule has 6 heteroatoms. The number of nitrogens with zero attached hydrogens (tertiary/aromatic N) is 3. The van der Waals surface area contributed by atoms with Crippen LogP contribution in [0.25, 0.3) is 0 Å². The number of carbonyl (C=O) groups is 1. The Morgan fingerprint density at radius 1 is 1.29 bits per heavy atom. The predicted octanol–water partition coefficient (Wildman–Crippen LogP) is 2.95. The highest BCUT2D eigenvalue weighted by Crippen LogP contribution is 2.33. The first-order valence-corrected chi connectivity index (χ1v) is 8.28. The van der Waals surface area contributed by atoms with Crippen molar-refractivity contribution in [2.24, 2.45) is 5.41 Å². The van der Waals surface area contributed by atoms with Gasteiger partial charge in [-0.2, -0.15) is 4.98 Å². The third kappa shape index (κ3) is 3.32. The lowest BCUT2D eigenvalue weighted by atomic mass is 9.76. The first kappa shape index (κ1) is 16.6. The van der Waals surface area contributed by atoms with Gasteiger partial charge >= 0.3 is 0 Å². The Kier molecular flexibility index (Phi) is 3.94. The Morgan fingerprint density at radius 2 is 2.04 bits per heavy atom. The fourth-order valence-corrected chi connectivity index (χ4v) is 3.01. The molecule has 0 bridgehead atoms. The second kappa shape index (κ2) is 5.69. The van der Waals surface area contributed by atoms with Crippen molar-refractivity contribution in [1.29, 1.82) is 0 Å². The minimum atomic E-state index is -0.730. The van der Waals surface area contributed by atoms with Crippen LogP contribution in [0.4, 0.5) is 0 Å².